The molecule has 0 aliphatic rings. The molecule has 0 aliphatic heterocycles. The molecular weight excluding hydrogens is 202 g/mol. The number of ether oxygens (including phenoxy) is 1. The van der Waals surface area contributed by atoms with Gasteiger partial charge in [0.25, 0.3) is 0 Å². The number of halogens is 2. The predicted octanol–water partition coefficient (Wildman–Crippen LogP) is 2.89. The zero-order valence-corrected chi connectivity index (χ0v) is 8.79. The van der Waals surface area contributed by atoms with Crippen LogP contribution < -0.4 is 4.74 Å². The molecule has 0 spiro atoms. The fourth-order valence-electron chi connectivity index (χ4n) is 0.815. The van der Waals surface area contributed by atoms with Crippen LogP contribution in [-0.4, -0.2) is 11.6 Å². The van der Waals surface area contributed by atoms with Crippen LogP contribution in [0.2, 0.25) is 0 Å². The summed E-state index contributed by atoms with van der Waals surface area (Å²) in [5.41, 5.74) is 0.735. The van der Waals surface area contributed by atoms with Gasteiger partial charge in [0.2, 0.25) is 5.88 Å². The van der Waals surface area contributed by atoms with E-state index in [0.29, 0.717) is 0 Å². The molecule has 0 N–H and O–H groups in total. The fourth-order valence-corrected chi connectivity index (χ4v) is 0.815. The number of hydrogen-bond donors (Lipinski definition) is 0. The lowest BCUT2D eigenvalue weighted by Crippen LogP contribution is -2.05. The Kier molecular flexibility index (Phi) is 5.95. The van der Waals surface area contributed by atoms with Crippen LogP contribution in [0.3, 0.4) is 0 Å². The number of aromatic nitrogens is 1. The summed E-state index contributed by atoms with van der Waals surface area (Å²) in [5.74, 6) is -0.330. The van der Waals surface area contributed by atoms with Gasteiger partial charge in [-0.2, -0.15) is 14.0 Å². The molecule has 1 rings (SSSR count). The van der Waals surface area contributed by atoms with E-state index in [-0.39, 0.29) is 11.4 Å². The van der Waals surface area contributed by atoms with Crippen LogP contribution in [-0.2, 0) is 0 Å². The van der Waals surface area contributed by atoms with Crippen LogP contribution in [0, 0.1) is 18.3 Å². The molecule has 1 heterocycles. The maximum atomic E-state index is 11.8. The Morgan fingerprint density at radius 1 is 1.47 bits per heavy atom. The van der Waals surface area contributed by atoms with Gasteiger partial charge in [-0.05, 0) is 18.6 Å². The van der Waals surface area contributed by atoms with Crippen LogP contribution in [0.5, 0.6) is 5.88 Å². The van der Waals surface area contributed by atoms with Gasteiger partial charge in [0.1, 0.15) is 11.6 Å². The third-order valence-corrected chi connectivity index (χ3v) is 1.31. The molecule has 0 saturated carbocycles. The Morgan fingerprint density at radius 3 is 2.53 bits per heavy atom. The van der Waals surface area contributed by atoms with Gasteiger partial charge in [-0.1, -0.05) is 13.8 Å². The highest BCUT2D eigenvalue weighted by Gasteiger charge is 2.10. The summed E-state index contributed by atoms with van der Waals surface area (Å²) in [5, 5.41) is 8.54. The SMILES string of the molecule is CC.Cc1cnc(OC(F)F)c(C#N)c1. The standard InChI is InChI=1S/C8H6F2N2O.C2H6/c1-5-2-6(3-11)7(12-4-5)13-8(9)10;1-2/h2,4,8H,1H3;1-2H3. The van der Waals surface area contributed by atoms with E-state index in [2.05, 4.69) is 9.72 Å². The number of pyridine rings is 1. The van der Waals surface area contributed by atoms with E-state index in [1.807, 2.05) is 13.8 Å². The van der Waals surface area contributed by atoms with Crippen molar-refractivity contribution in [3.05, 3.63) is 23.4 Å². The lowest BCUT2D eigenvalue weighted by Gasteiger charge is -2.04. The lowest BCUT2D eigenvalue weighted by molar-refractivity contribution is -0.0530. The van der Waals surface area contributed by atoms with Crippen molar-refractivity contribution < 1.29 is 13.5 Å². The molecule has 0 saturated heterocycles. The van der Waals surface area contributed by atoms with Crippen molar-refractivity contribution in [2.75, 3.05) is 0 Å². The number of nitriles is 1. The zero-order chi connectivity index (χ0) is 11.8. The highest BCUT2D eigenvalue weighted by molar-refractivity contribution is 5.39. The first-order valence-corrected chi connectivity index (χ1v) is 4.45. The van der Waals surface area contributed by atoms with Gasteiger partial charge in [-0.15, -0.1) is 0 Å². The molecular formula is C10H12F2N2O. The van der Waals surface area contributed by atoms with Crippen LogP contribution in [0.4, 0.5) is 8.78 Å². The summed E-state index contributed by atoms with van der Waals surface area (Å²) < 4.78 is 27.6. The number of aryl methyl sites for hydroxylation is 1. The molecule has 0 bridgehead atoms. The van der Waals surface area contributed by atoms with E-state index in [4.69, 9.17) is 5.26 Å². The maximum Gasteiger partial charge on any atom is 0.388 e. The average molecular weight is 214 g/mol. The van der Waals surface area contributed by atoms with Gasteiger partial charge in [-0.3, -0.25) is 0 Å². The average Bonchev–Trinajstić information content (AvgIpc) is 2.23. The highest BCUT2D eigenvalue weighted by atomic mass is 19.3. The van der Waals surface area contributed by atoms with Crippen LogP contribution >= 0.6 is 0 Å². The molecule has 0 radical (unpaired) electrons. The molecule has 15 heavy (non-hydrogen) atoms. The van der Waals surface area contributed by atoms with Gasteiger partial charge in [-0.25, -0.2) is 4.98 Å². The van der Waals surface area contributed by atoms with Crippen molar-refractivity contribution >= 4 is 0 Å². The fraction of sp³-hybridized carbons (Fsp3) is 0.400. The van der Waals surface area contributed by atoms with Crippen molar-refractivity contribution in [3.8, 4) is 11.9 Å². The van der Waals surface area contributed by atoms with E-state index >= 15 is 0 Å². The Bertz CT molecular complexity index is 348. The second kappa shape index (κ2) is 6.71. The van der Waals surface area contributed by atoms with Crippen LogP contribution in [0.15, 0.2) is 12.3 Å². The molecule has 82 valence electrons. The van der Waals surface area contributed by atoms with Crippen molar-refractivity contribution in [1.82, 2.24) is 4.98 Å². The van der Waals surface area contributed by atoms with E-state index in [1.165, 1.54) is 12.3 Å². The molecule has 0 aliphatic carbocycles. The summed E-state index contributed by atoms with van der Waals surface area (Å²) in [6, 6.07) is 3.16. The van der Waals surface area contributed by atoms with Gasteiger partial charge in [0, 0.05) is 6.20 Å². The van der Waals surface area contributed by atoms with Crippen molar-refractivity contribution in [2.45, 2.75) is 27.4 Å². The first-order valence-electron chi connectivity index (χ1n) is 4.45. The van der Waals surface area contributed by atoms with Crippen LogP contribution in [0.25, 0.3) is 0 Å². The minimum absolute atomic E-state index is 0.0142. The van der Waals surface area contributed by atoms with Crippen molar-refractivity contribution in [2.24, 2.45) is 0 Å². The smallest absolute Gasteiger partial charge is 0.388 e. The molecule has 1 aromatic rings. The normalized spacial score (nSPS) is 8.87. The monoisotopic (exact) mass is 214 g/mol. The third kappa shape index (κ3) is 4.36. The van der Waals surface area contributed by atoms with E-state index < -0.39 is 6.61 Å². The molecule has 5 heteroatoms. The van der Waals surface area contributed by atoms with Crippen LogP contribution in [0.1, 0.15) is 25.0 Å². The third-order valence-electron chi connectivity index (χ3n) is 1.31. The summed E-state index contributed by atoms with van der Waals surface area (Å²) in [6.07, 6.45) is 1.36. The van der Waals surface area contributed by atoms with E-state index in [1.54, 1.807) is 13.0 Å². The van der Waals surface area contributed by atoms with Gasteiger partial charge < -0.3 is 4.74 Å². The second-order valence-electron chi connectivity index (χ2n) is 2.36. The van der Waals surface area contributed by atoms with Crippen molar-refractivity contribution in [3.63, 3.8) is 0 Å². The van der Waals surface area contributed by atoms with Crippen molar-refractivity contribution in [1.29, 1.82) is 5.26 Å². The summed E-state index contributed by atoms with van der Waals surface area (Å²) >= 11 is 0. The summed E-state index contributed by atoms with van der Waals surface area (Å²) in [4.78, 5) is 3.56. The Morgan fingerprint density at radius 2 is 2.07 bits per heavy atom. The quantitative estimate of drug-likeness (QED) is 0.760. The summed E-state index contributed by atoms with van der Waals surface area (Å²) in [7, 11) is 0. The van der Waals surface area contributed by atoms with Gasteiger partial charge >= 0.3 is 6.61 Å². The first-order chi connectivity index (χ1) is 7.13. The molecule has 1 aromatic heterocycles. The molecule has 0 amide bonds. The Hall–Kier alpha value is -1.70. The minimum Gasteiger partial charge on any atom is -0.415 e. The topological polar surface area (TPSA) is 45.9 Å². The van der Waals surface area contributed by atoms with E-state index in [0.717, 1.165) is 5.56 Å². The predicted molar refractivity (Wildman–Crippen MR) is 51.7 cm³/mol. The molecule has 3 nitrogen and oxygen atoms in total. The maximum absolute atomic E-state index is 11.8. The molecule has 0 aromatic carbocycles. The molecule has 0 atom stereocenters. The number of hydrogen-bond acceptors (Lipinski definition) is 3. The lowest BCUT2D eigenvalue weighted by atomic mass is 10.2. The van der Waals surface area contributed by atoms with Gasteiger partial charge in [0.05, 0.1) is 0 Å². The Labute approximate surface area is 87.3 Å². The second-order valence-corrected chi connectivity index (χ2v) is 2.36. The highest BCUT2D eigenvalue weighted by Crippen LogP contribution is 2.17. The zero-order valence-electron chi connectivity index (χ0n) is 8.79. The largest absolute Gasteiger partial charge is 0.415 e. The molecule has 0 fully saturated rings. The summed E-state index contributed by atoms with van der Waals surface area (Å²) in [6.45, 7) is 2.75. The number of rotatable bonds is 2. The Balaban J connectivity index is 0.000000921. The van der Waals surface area contributed by atoms with E-state index in [9.17, 15) is 8.78 Å². The first kappa shape index (κ1) is 13.3. The van der Waals surface area contributed by atoms with Gasteiger partial charge in [0.15, 0.2) is 0 Å². The number of nitrogens with zero attached hydrogens (tertiary/aromatic N) is 2. The number of alkyl halides is 2. The molecule has 0 unspecified atom stereocenters. The minimum atomic E-state index is -2.96.